The second-order valence-electron chi connectivity index (χ2n) is 6.54. The Bertz CT molecular complexity index is 245. The fraction of sp³-hybridized carbons (Fsp3) is 1.00. The summed E-state index contributed by atoms with van der Waals surface area (Å²) >= 11 is 0. The average Bonchev–Trinajstić information content (AvgIpc) is 2.40. The smallest absolute Gasteiger partial charge is 0.0589 e. The fourth-order valence-electron chi connectivity index (χ4n) is 3.33. The molecule has 1 saturated carbocycles. The van der Waals surface area contributed by atoms with Crippen LogP contribution in [0.4, 0.5) is 0 Å². The van der Waals surface area contributed by atoms with Crippen molar-refractivity contribution in [2.24, 2.45) is 17.6 Å². The van der Waals surface area contributed by atoms with Crippen LogP contribution in [0.5, 0.6) is 0 Å². The number of nitrogens with zero attached hydrogens (tertiary/aromatic N) is 1. The molecular weight excluding hydrogens is 236 g/mol. The molecule has 0 amide bonds. The highest BCUT2D eigenvalue weighted by molar-refractivity contribution is 4.91. The minimum atomic E-state index is 0.334. The number of methoxy groups -OCH3 is 1. The van der Waals surface area contributed by atoms with Gasteiger partial charge in [0, 0.05) is 31.8 Å². The van der Waals surface area contributed by atoms with Gasteiger partial charge in [0.25, 0.3) is 0 Å². The minimum absolute atomic E-state index is 0.334. The van der Waals surface area contributed by atoms with Crippen molar-refractivity contribution in [1.82, 2.24) is 4.90 Å². The quantitative estimate of drug-likeness (QED) is 0.773. The zero-order chi connectivity index (χ0) is 14.4. The van der Waals surface area contributed by atoms with Crippen LogP contribution < -0.4 is 5.73 Å². The first-order valence-electron chi connectivity index (χ1n) is 8.01. The van der Waals surface area contributed by atoms with Crippen molar-refractivity contribution in [2.45, 2.75) is 71.5 Å². The zero-order valence-corrected chi connectivity index (χ0v) is 13.6. The molecule has 0 heterocycles. The van der Waals surface area contributed by atoms with E-state index in [0.717, 1.165) is 25.0 Å². The molecule has 3 nitrogen and oxygen atoms in total. The number of rotatable bonds is 7. The van der Waals surface area contributed by atoms with Gasteiger partial charge in [0.1, 0.15) is 0 Å². The van der Waals surface area contributed by atoms with Crippen molar-refractivity contribution in [3.63, 3.8) is 0 Å². The Balaban J connectivity index is 2.73. The Morgan fingerprint density at radius 2 is 1.95 bits per heavy atom. The van der Waals surface area contributed by atoms with E-state index in [4.69, 9.17) is 10.5 Å². The van der Waals surface area contributed by atoms with Crippen LogP contribution in [0.3, 0.4) is 0 Å². The number of hydrogen-bond acceptors (Lipinski definition) is 3. The van der Waals surface area contributed by atoms with Crippen LogP contribution in [-0.4, -0.2) is 43.3 Å². The first-order chi connectivity index (χ1) is 9.01. The van der Waals surface area contributed by atoms with E-state index in [0.29, 0.717) is 18.1 Å². The largest absolute Gasteiger partial charge is 0.383 e. The second kappa shape index (κ2) is 8.23. The van der Waals surface area contributed by atoms with Crippen molar-refractivity contribution in [1.29, 1.82) is 0 Å². The molecular formula is C16H34N2O. The van der Waals surface area contributed by atoms with Crippen LogP contribution >= 0.6 is 0 Å². The summed E-state index contributed by atoms with van der Waals surface area (Å²) in [7, 11) is 1.78. The van der Waals surface area contributed by atoms with Crippen LogP contribution in [-0.2, 0) is 4.74 Å². The third-order valence-electron chi connectivity index (χ3n) is 4.99. The predicted octanol–water partition coefficient (Wildman–Crippen LogP) is 2.89. The van der Waals surface area contributed by atoms with E-state index in [1.165, 1.54) is 25.7 Å². The van der Waals surface area contributed by atoms with Crippen molar-refractivity contribution in [3.05, 3.63) is 0 Å². The van der Waals surface area contributed by atoms with E-state index in [9.17, 15) is 0 Å². The third-order valence-corrected chi connectivity index (χ3v) is 4.99. The van der Waals surface area contributed by atoms with Crippen LogP contribution in [0.15, 0.2) is 0 Å². The second-order valence-corrected chi connectivity index (χ2v) is 6.54. The first kappa shape index (κ1) is 16.9. The fourth-order valence-corrected chi connectivity index (χ4v) is 3.33. The van der Waals surface area contributed by atoms with Crippen LogP contribution in [0.25, 0.3) is 0 Å². The Labute approximate surface area is 119 Å². The number of ether oxygens (including phenoxy) is 1. The maximum Gasteiger partial charge on any atom is 0.0589 e. The number of hydrogen-bond donors (Lipinski definition) is 1. The molecule has 114 valence electrons. The minimum Gasteiger partial charge on any atom is -0.383 e. The van der Waals surface area contributed by atoms with Gasteiger partial charge in [-0.2, -0.15) is 0 Å². The Morgan fingerprint density at radius 3 is 2.47 bits per heavy atom. The summed E-state index contributed by atoms with van der Waals surface area (Å²) in [5.41, 5.74) is 6.42. The van der Waals surface area contributed by atoms with Gasteiger partial charge in [-0.1, -0.05) is 20.8 Å². The Kier molecular flexibility index (Phi) is 7.33. The van der Waals surface area contributed by atoms with E-state index in [1.807, 2.05) is 0 Å². The van der Waals surface area contributed by atoms with Gasteiger partial charge in [-0.25, -0.2) is 0 Å². The maximum atomic E-state index is 6.42. The lowest BCUT2D eigenvalue weighted by Gasteiger charge is -2.45. The molecule has 0 aromatic carbocycles. The molecule has 0 radical (unpaired) electrons. The molecule has 0 aromatic heterocycles. The summed E-state index contributed by atoms with van der Waals surface area (Å²) < 4.78 is 5.28. The van der Waals surface area contributed by atoms with Gasteiger partial charge >= 0.3 is 0 Å². The summed E-state index contributed by atoms with van der Waals surface area (Å²) in [5, 5.41) is 0. The molecule has 0 bridgehead atoms. The van der Waals surface area contributed by atoms with E-state index in [1.54, 1.807) is 7.11 Å². The number of nitrogens with two attached hydrogens (primary N) is 1. The maximum absolute atomic E-state index is 6.42. The molecule has 4 atom stereocenters. The molecule has 0 spiro atoms. The van der Waals surface area contributed by atoms with Gasteiger partial charge < -0.3 is 10.5 Å². The molecule has 0 aliphatic heterocycles. The molecule has 1 fully saturated rings. The molecule has 1 aliphatic rings. The van der Waals surface area contributed by atoms with Gasteiger partial charge in [0.05, 0.1) is 6.61 Å². The van der Waals surface area contributed by atoms with Crippen molar-refractivity contribution in [3.8, 4) is 0 Å². The van der Waals surface area contributed by atoms with Gasteiger partial charge in [-0.05, 0) is 44.4 Å². The van der Waals surface area contributed by atoms with Gasteiger partial charge in [0.2, 0.25) is 0 Å². The molecule has 4 unspecified atom stereocenters. The SMILES string of the molecule is CCC(C)N(CCOC)C1CC(C(C)C)CCC1N. The highest BCUT2D eigenvalue weighted by Gasteiger charge is 2.34. The molecule has 2 N–H and O–H groups in total. The van der Waals surface area contributed by atoms with Gasteiger partial charge in [-0.15, -0.1) is 0 Å². The van der Waals surface area contributed by atoms with Crippen molar-refractivity contribution >= 4 is 0 Å². The lowest BCUT2D eigenvalue weighted by atomic mass is 9.76. The Hall–Kier alpha value is -0.120. The van der Waals surface area contributed by atoms with Crippen molar-refractivity contribution < 1.29 is 4.74 Å². The van der Waals surface area contributed by atoms with E-state index >= 15 is 0 Å². The zero-order valence-electron chi connectivity index (χ0n) is 13.6. The van der Waals surface area contributed by atoms with E-state index < -0.39 is 0 Å². The molecule has 0 saturated heterocycles. The summed E-state index contributed by atoms with van der Waals surface area (Å²) in [6.07, 6.45) is 4.91. The highest BCUT2D eigenvalue weighted by Crippen LogP contribution is 2.33. The lowest BCUT2D eigenvalue weighted by Crippen LogP contribution is -2.55. The molecule has 3 heteroatoms. The monoisotopic (exact) mass is 270 g/mol. The van der Waals surface area contributed by atoms with Crippen LogP contribution in [0.2, 0.25) is 0 Å². The lowest BCUT2D eigenvalue weighted by molar-refractivity contribution is 0.0418. The van der Waals surface area contributed by atoms with Crippen LogP contribution in [0, 0.1) is 11.8 Å². The normalized spacial score (nSPS) is 30.0. The summed E-state index contributed by atoms with van der Waals surface area (Å²) in [6.45, 7) is 11.1. The third kappa shape index (κ3) is 4.73. The average molecular weight is 270 g/mol. The predicted molar refractivity (Wildman–Crippen MR) is 82.3 cm³/mol. The topological polar surface area (TPSA) is 38.5 Å². The van der Waals surface area contributed by atoms with Gasteiger partial charge in [0.15, 0.2) is 0 Å². The standard InChI is InChI=1S/C16H34N2O/c1-6-13(4)18(9-10-19-5)16-11-14(12(2)3)7-8-15(16)17/h12-16H,6-11,17H2,1-5H3. The Morgan fingerprint density at radius 1 is 1.26 bits per heavy atom. The molecule has 1 aliphatic carbocycles. The summed E-state index contributed by atoms with van der Waals surface area (Å²) in [5.74, 6) is 1.61. The highest BCUT2D eigenvalue weighted by atomic mass is 16.5. The summed E-state index contributed by atoms with van der Waals surface area (Å²) in [4.78, 5) is 2.60. The van der Waals surface area contributed by atoms with Gasteiger partial charge in [-0.3, -0.25) is 4.90 Å². The van der Waals surface area contributed by atoms with E-state index in [2.05, 4.69) is 32.6 Å². The van der Waals surface area contributed by atoms with Crippen molar-refractivity contribution in [2.75, 3.05) is 20.3 Å². The molecule has 19 heavy (non-hydrogen) atoms. The summed E-state index contributed by atoms with van der Waals surface area (Å²) in [6, 6.07) is 1.46. The van der Waals surface area contributed by atoms with Crippen LogP contribution in [0.1, 0.15) is 53.4 Å². The molecule has 1 rings (SSSR count). The molecule has 0 aromatic rings. The first-order valence-corrected chi connectivity index (χ1v) is 8.01. The van der Waals surface area contributed by atoms with E-state index in [-0.39, 0.29) is 0 Å².